The van der Waals surface area contributed by atoms with Crippen LogP contribution in [0.4, 0.5) is 0 Å². The highest BCUT2D eigenvalue weighted by Gasteiger charge is 2.16. The van der Waals surface area contributed by atoms with Crippen molar-refractivity contribution in [1.29, 1.82) is 5.26 Å². The zero-order valence-corrected chi connectivity index (χ0v) is 19.6. The maximum atomic E-state index is 9.75. The maximum absolute atomic E-state index is 9.75. The fraction of sp³-hybridized carbons (Fsp3) is 0.160. The first-order valence-electron chi connectivity index (χ1n) is 9.92. The van der Waals surface area contributed by atoms with Crippen molar-refractivity contribution in [2.75, 3.05) is 13.4 Å². The van der Waals surface area contributed by atoms with Crippen LogP contribution in [0.25, 0.3) is 11.6 Å². The molecule has 0 N–H and O–H groups in total. The van der Waals surface area contributed by atoms with Gasteiger partial charge in [-0.25, -0.2) is 0 Å². The smallest absolute Gasteiger partial charge is 0.231 e. The van der Waals surface area contributed by atoms with Gasteiger partial charge in [-0.1, -0.05) is 23.7 Å². The lowest BCUT2D eigenvalue weighted by molar-refractivity contribution is 0.174. The minimum atomic E-state index is 0.187. The molecule has 0 unspecified atom stereocenters. The van der Waals surface area contributed by atoms with Gasteiger partial charge in [0.1, 0.15) is 6.61 Å². The van der Waals surface area contributed by atoms with Gasteiger partial charge >= 0.3 is 0 Å². The third-order valence-electron chi connectivity index (χ3n) is 4.74. The molecule has 0 bridgehead atoms. The number of fused-ring (bicyclic) bond motifs is 1. The van der Waals surface area contributed by atoms with Gasteiger partial charge in [-0.3, -0.25) is 0 Å². The Labute approximate surface area is 199 Å². The van der Waals surface area contributed by atoms with Crippen LogP contribution in [0.2, 0.25) is 5.02 Å². The molecule has 0 spiro atoms. The van der Waals surface area contributed by atoms with E-state index in [0.29, 0.717) is 46.8 Å². The Morgan fingerprint density at radius 1 is 1.09 bits per heavy atom. The lowest BCUT2D eigenvalue weighted by atomic mass is 10.0. The zero-order valence-electron chi connectivity index (χ0n) is 17.2. The number of benzene rings is 3. The second-order valence-electron chi connectivity index (χ2n) is 6.92. The molecule has 0 aromatic heterocycles. The molecule has 0 fully saturated rings. The second kappa shape index (κ2) is 9.99. The molecule has 1 aliphatic heterocycles. The standard InChI is InChI=1S/C25H19BrClNO4/c1-2-29-24-11-17(9-19(13-28)18-5-8-22-23(12-18)32-15-31-22)10-21(26)25(24)30-14-16-3-6-20(27)7-4-16/h3-12H,2,14-15H2,1H3/b19-9-. The Morgan fingerprint density at radius 3 is 2.62 bits per heavy atom. The van der Waals surface area contributed by atoms with Crippen molar-refractivity contribution in [3.05, 3.63) is 80.8 Å². The van der Waals surface area contributed by atoms with Gasteiger partial charge in [0.2, 0.25) is 6.79 Å². The van der Waals surface area contributed by atoms with Crippen molar-refractivity contribution in [2.24, 2.45) is 0 Å². The van der Waals surface area contributed by atoms with E-state index in [4.69, 9.17) is 30.5 Å². The molecule has 0 amide bonds. The van der Waals surface area contributed by atoms with Crippen LogP contribution in [0.5, 0.6) is 23.0 Å². The predicted molar refractivity (Wildman–Crippen MR) is 127 cm³/mol. The lowest BCUT2D eigenvalue weighted by Crippen LogP contribution is -2.01. The molecule has 0 aliphatic carbocycles. The first-order valence-corrected chi connectivity index (χ1v) is 11.1. The van der Waals surface area contributed by atoms with Crippen molar-refractivity contribution < 1.29 is 18.9 Å². The SMILES string of the molecule is CCOc1cc(/C=C(/C#N)c2ccc3c(c2)OCO3)cc(Br)c1OCc1ccc(Cl)cc1. The molecule has 0 atom stereocenters. The molecule has 4 rings (SSSR count). The van der Waals surface area contributed by atoms with E-state index in [1.54, 1.807) is 18.2 Å². The summed E-state index contributed by atoms with van der Waals surface area (Å²) in [5.41, 5.74) is 3.03. The molecule has 32 heavy (non-hydrogen) atoms. The highest BCUT2D eigenvalue weighted by atomic mass is 79.9. The van der Waals surface area contributed by atoms with Crippen molar-refractivity contribution in [1.82, 2.24) is 0 Å². The molecule has 0 radical (unpaired) electrons. The Hall–Kier alpha value is -3.14. The third kappa shape index (κ3) is 5.01. The van der Waals surface area contributed by atoms with Crippen LogP contribution < -0.4 is 18.9 Å². The molecular formula is C25H19BrClNO4. The number of nitrogens with zero attached hydrogens (tertiary/aromatic N) is 1. The first kappa shape index (κ1) is 22.1. The van der Waals surface area contributed by atoms with Gasteiger partial charge in [-0.05, 0) is 88.1 Å². The lowest BCUT2D eigenvalue weighted by Gasteiger charge is -2.15. The Kier molecular flexibility index (Phi) is 6.89. The Morgan fingerprint density at radius 2 is 1.88 bits per heavy atom. The quantitative estimate of drug-likeness (QED) is 0.255. The van der Waals surface area contributed by atoms with Gasteiger partial charge in [0, 0.05) is 5.02 Å². The van der Waals surface area contributed by atoms with Crippen LogP contribution in [0.15, 0.2) is 59.1 Å². The summed E-state index contributed by atoms with van der Waals surface area (Å²) in [6.45, 7) is 2.94. The number of hydrogen-bond acceptors (Lipinski definition) is 5. The number of halogens is 2. The van der Waals surface area contributed by atoms with Crippen LogP contribution in [0, 0.1) is 11.3 Å². The molecule has 3 aromatic rings. The van der Waals surface area contributed by atoms with Crippen molar-refractivity contribution in [2.45, 2.75) is 13.5 Å². The summed E-state index contributed by atoms with van der Waals surface area (Å²) in [4.78, 5) is 0. The molecule has 0 saturated heterocycles. The van der Waals surface area contributed by atoms with E-state index in [1.165, 1.54) is 0 Å². The van der Waals surface area contributed by atoms with E-state index in [2.05, 4.69) is 22.0 Å². The van der Waals surface area contributed by atoms with Crippen molar-refractivity contribution in [3.63, 3.8) is 0 Å². The minimum Gasteiger partial charge on any atom is -0.490 e. The summed E-state index contributed by atoms with van der Waals surface area (Å²) in [5.74, 6) is 2.49. The third-order valence-corrected chi connectivity index (χ3v) is 5.58. The Bertz CT molecular complexity index is 1200. The van der Waals surface area contributed by atoms with Crippen molar-refractivity contribution in [3.8, 4) is 29.1 Å². The van der Waals surface area contributed by atoms with Crippen molar-refractivity contribution >= 4 is 39.2 Å². The van der Waals surface area contributed by atoms with Crippen LogP contribution in [0.3, 0.4) is 0 Å². The van der Waals surface area contributed by atoms with Crippen LogP contribution in [0.1, 0.15) is 23.6 Å². The Balaban J connectivity index is 1.62. The molecule has 5 nitrogen and oxygen atoms in total. The van der Waals surface area contributed by atoms with Gasteiger partial charge in [-0.2, -0.15) is 5.26 Å². The van der Waals surface area contributed by atoms with E-state index in [0.717, 1.165) is 21.2 Å². The summed E-state index contributed by atoms with van der Waals surface area (Å²) in [6, 6.07) is 18.9. The van der Waals surface area contributed by atoms with Crippen LogP contribution >= 0.6 is 27.5 Å². The van der Waals surface area contributed by atoms with E-state index >= 15 is 0 Å². The molecule has 0 saturated carbocycles. The van der Waals surface area contributed by atoms with E-state index in [9.17, 15) is 5.26 Å². The fourth-order valence-electron chi connectivity index (χ4n) is 3.22. The molecule has 3 aromatic carbocycles. The topological polar surface area (TPSA) is 60.7 Å². The summed E-state index contributed by atoms with van der Waals surface area (Å²) >= 11 is 9.54. The number of nitriles is 1. The average molecular weight is 513 g/mol. The summed E-state index contributed by atoms with van der Waals surface area (Å²) in [7, 11) is 0. The highest BCUT2D eigenvalue weighted by Crippen LogP contribution is 2.39. The van der Waals surface area contributed by atoms with Gasteiger partial charge in [0.05, 0.1) is 22.7 Å². The molecule has 1 aliphatic rings. The molecule has 1 heterocycles. The number of ether oxygens (including phenoxy) is 4. The molecule has 7 heteroatoms. The monoisotopic (exact) mass is 511 g/mol. The number of allylic oxidation sites excluding steroid dienone is 1. The zero-order chi connectivity index (χ0) is 22.5. The first-order chi connectivity index (χ1) is 15.6. The fourth-order valence-corrected chi connectivity index (χ4v) is 3.92. The molecule has 162 valence electrons. The van der Waals surface area contributed by atoms with Gasteiger partial charge in [-0.15, -0.1) is 0 Å². The minimum absolute atomic E-state index is 0.187. The van der Waals surface area contributed by atoms with E-state index in [-0.39, 0.29) is 6.79 Å². The summed E-state index contributed by atoms with van der Waals surface area (Å²) in [5, 5.41) is 10.4. The molecular weight excluding hydrogens is 494 g/mol. The van der Waals surface area contributed by atoms with Gasteiger partial charge in [0.25, 0.3) is 0 Å². The second-order valence-corrected chi connectivity index (χ2v) is 8.21. The van der Waals surface area contributed by atoms with Gasteiger partial charge in [0.15, 0.2) is 23.0 Å². The van der Waals surface area contributed by atoms with Gasteiger partial charge < -0.3 is 18.9 Å². The maximum Gasteiger partial charge on any atom is 0.231 e. The van der Waals surface area contributed by atoms with Crippen LogP contribution in [-0.2, 0) is 6.61 Å². The van der Waals surface area contributed by atoms with E-state index in [1.807, 2.05) is 49.4 Å². The highest BCUT2D eigenvalue weighted by molar-refractivity contribution is 9.10. The largest absolute Gasteiger partial charge is 0.490 e. The predicted octanol–water partition coefficient (Wildman–Crippen LogP) is 6.87. The summed E-state index contributed by atoms with van der Waals surface area (Å²) < 4.78 is 23.4. The van der Waals surface area contributed by atoms with E-state index < -0.39 is 0 Å². The number of hydrogen-bond donors (Lipinski definition) is 0. The normalized spacial score (nSPS) is 12.4. The summed E-state index contributed by atoms with van der Waals surface area (Å²) in [6.07, 6.45) is 1.80. The average Bonchev–Trinajstić information content (AvgIpc) is 3.26. The van der Waals surface area contributed by atoms with Crippen LogP contribution in [-0.4, -0.2) is 13.4 Å². The number of rotatable bonds is 7.